The maximum atomic E-state index is 14.2. The molecular weight excluding hydrogens is 501 g/mol. The van der Waals surface area contributed by atoms with Gasteiger partial charge in [-0.15, -0.1) is 0 Å². The van der Waals surface area contributed by atoms with E-state index >= 15 is 0 Å². The van der Waals surface area contributed by atoms with Gasteiger partial charge in [0.15, 0.2) is 0 Å². The number of carbonyl (C=O) groups excluding carboxylic acids is 1. The molecule has 0 N–H and O–H groups in total. The number of methoxy groups -OCH3 is 3. The van der Waals surface area contributed by atoms with Gasteiger partial charge < -0.3 is 23.8 Å². The van der Waals surface area contributed by atoms with Crippen molar-refractivity contribution < 1.29 is 23.7 Å². The predicted octanol–water partition coefficient (Wildman–Crippen LogP) is 6.03. The molecule has 3 aromatic rings. The lowest BCUT2D eigenvalue weighted by Crippen LogP contribution is -2.39. The highest BCUT2D eigenvalue weighted by Crippen LogP contribution is 2.49. The summed E-state index contributed by atoms with van der Waals surface area (Å²) in [5.74, 6) is 1.22. The van der Waals surface area contributed by atoms with E-state index in [9.17, 15) is 4.79 Å². The summed E-state index contributed by atoms with van der Waals surface area (Å²) in [5, 5.41) is 1.05. The number of nitrogens with zero attached hydrogens (tertiary/aromatic N) is 1. The number of fused-ring (bicyclic) bond motifs is 1. The molecule has 0 bridgehead atoms. The minimum Gasteiger partial charge on any atom is -0.497 e. The fourth-order valence-electron chi connectivity index (χ4n) is 4.59. The van der Waals surface area contributed by atoms with Gasteiger partial charge >= 0.3 is 0 Å². The van der Waals surface area contributed by atoms with Crippen LogP contribution >= 0.6 is 23.2 Å². The van der Waals surface area contributed by atoms with E-state index in [1.807, 2.05) is 55.5 Å². The van der Waals surface area contributed by atoms with E-state index < -0.39 is 5.41 Å². The molecule has 1 heterocycles. The first-order chi connectivity index (χ1) is 17.3. The van der Waals surface area contributed by atoms with Crippen LogP contribution in [0.2, 0.25) is 10.0 Å². The third-order valence-corrected chi connectivity index (χ3v) is 7.12. The highest BCUT2D eigenvalue weighted by Gasteiger charge is 2.49. The van der Waals surface area contributed by atoms with Crippen LogP contribution in [0.5, 0.6) is 11.5 Å². The average Bonchev–Trinajstić information content (AvgIpc) is 3.09. The SMILES string of the molecule is COCCOCc1ccc(Cl)c(C2(C)C(=O)N(Cc3ccc(OC)cc3OC)c3ccc(Cl)cc32)c1. The van der Waals surface area contributed by atoms with Crippen molar-refractivity contribution in [1.29, 1.82) is 0 Å². The number of hydrogen-bond donors (Lipinski definition) is 0. The Balaban J connectivity index is 1.75. The van der Waals surface area contributed by atoms with E-state index in [0.29, 0.717) is 53.5 Å². The molecule has 0 aromatic heterocycles. The number of carbonyl (C=O) groups is 1. The first-order valence-electron chi connectivity index (χ1n) is 11.5. The van der Waals surface area contributed by atoms with Gasteiger partial charge in [0.05, 0.1) is 40.6 Å². The first kappa shape index (κ1) is 26.3. The summed E-state index contributed by atoms with van der Waals surface area (Å²) in [6.07, 6.45) is 0. The predicted molar refractivity (Wildman–Crippen MR) is 142 cm³/mol. The Morgan fingerprint density at radius 2 is 1.69 bits per heavy atom. The van der Waals surface area contributed by atoms with Gasteiger partial charge in [-0.1, -0.05) is 35.3 Å². The van der Waals surface area contributed by atoms with E-state index in [1.54, 1.807) is 32.3 Å². The zero-order chi connectivity index (χ0) is 25.9. The Kier molecular flexibility index (Phi) is 8.10. The number of amides is 1. The van der Waals surface area contributed by atoms with Crippen molar-refractivity contribution in [2.45, 2.75) is 25.5 Å². The second kappa shape index (κ2) is 11.1. The molecule has 8 heteroatoms. The van der Waals surface area contributed by atoms with Gasteiger partial charge in [0.25, 0.3) is 0 Å². The summed E-state index contributed by atoms with van der Waals surface area (Å²) in [4.78, 5) is 16.0. The molecule has 190 valence electrons. The van der Waals surface area contributed by atoms with Crippen molar-refractivity contribution in [1.82, 2.24) is 0 Å². The Labute approximate surface area is 221 Å². The quantitative estimate of drug-likeness (QED) is 0.300. The molecule has 0 radical (unpaired) electrons. The fourth-order valence-corrected chi connectivity index (χ4v) is 5.07. The third kappa shape index (κ3) is 4.91. The van der Waals surface area contributed by atoms with Crippen LogP contribution in [0.25, 0.3) is 0 Å². The maximum Gasteiger partial charge on any atom is 0.242 e. The van der Waals surface area contributed by atoms with Crippen molar-refractivity contribution in [2.24, 2.45) is 0 Å². The number of halogens is 2. The van der Waals surface area contributed by atoms with Gasteiger partial charge in [-0.2, -0.15) is 0 Å². The minimum atomic E-state index is -1.04. The zero-order valence-electron chi connectivity index (χ0n) is 20.8. The third-order valence-electron chi connectivity index (χ3n) is 6.55. The van der Waals surface area contributed by atoms with Crippen molar-refractivity contribution in [3.63, 3.8) is 0 Å². The molecule has 36 heavy (non-hydrogen) atoms. The maximum absolute atomic E-state index is 14.2. The summed E-state index contributed by atoms with van der Waals surface area (Å²) in [5.41, 5.74) is 3.00. The first-order valence-corrected chi connectivity index (χ1v) is 12.3. The van der Waals surface area contributed by atoms with E-state index in [2.05, 4.69) is 0 Å². The van der Waals surface area contributed by atoms with Crippen LogP contribution in [-0.4, -0.2) is 40.5 Å². The van der Waals surface area contributed by atoms with Crippen LogP contribution in [0.3, 0.4) is 0 Å². The van der Waals surface area contributed by atoms with Crippen molar-refractivity contribution in [2.75, 3.05) is 39.4 Å². The van der Waals surface area contributed by atoms with Crippen molar-refractivity contribution in [3.8, 4) is 11.5 Å². The molecule has 1 aliphatic rings. The summed E-state index contributed by atoms with van der Waals surface area (Å²) in [6, 6.07) is 16.7. The van der Waals surface area contributed by atoms with Crippen molar-refractivity contribution in [3.05, 3.63) is 86.9 Å². The molecule has 1 aliphatic heterocycles. The van der Waals surface area contributed by atoms with Gasteiger partial charge in [-0.3, -0.25) is 4.79 Å². The normalized spacial score (nSPS) is 16.8. The second-order valence-electron chi connectivity index (χ2n) is 8.72. The molecule has 1 unspecified atom stereocenters. The molecule has 0 spiro atoms. The Hall–Kier alpha value is -2.77. The van der Waals surface area contributed by atoms with Crippen LogP contribution < -0.4 is 14.4 Å². The van der Waals surface area contributed by atoms with Gasteiger partial charge in [0.2, 0.25) is 5.91 Å². The summed E-state index contributed by atoms with van der Waals surface area (Å²) in [6.45, 7) is 3.57. The number of benzene rings is 3. The fraction of sp³-hybridized carbons (Fsp3) is 0.321. The number of anilines is 1. The molecule has 0 aliphatic carbocycles. The molecule has 3 aromatic carbocycles. The van der Waals surface area contributed by atoms with Gasteiger partial charge in [0.1, 0.15) is 16.9 Å². The highest BCUT2D eigenvalue weighted by molar-refractivity contribution is 6.32. The summed E-state index contributed by atoms with van der Waals surface area (Å²) in [7, 11) is 4.83. The lowest BCUT2D eigenvalue weighted by molar-refractivity contribution is -0.121. The van der Waals surface area contributed by atoms with E-state index in [0.717, 1.165) is 22.4 Å². The van der Waals surface area contributed by atoms with Crippen LogP contribution in [0, 0.1) is 0 Å². The highest BCUT2D eigenvalue weighted by atomic mass is 35.5. The molecule has 4 rings (SSSR count). The lowest BCUT2D eigenvalue weighted by atomic mass is 9.76. The van der Waals surface area contributed by atoms with Crippen LogP contribution in [-0.2, 0) is 32.8 Å². The van der Waals surface area contributed by atoms with Gasteiger partial charge in [0, 0.05) is 34.5 Å². The largest absolute Gasteiger partial charge is 0.497 e. The Bertz CT molecular complexity index is 1260. The lowest BCUT2D eigenvalue weighted by Gasteiger charge is -2.27. The molecule has 6 nitrogen and oxygen atoms in total. The standard InChI is InChI=1S/C28H29Cl2NO5/c1-28(22-13-18(5-9-24(22)30)17-36-12-11-33-2)23-14-20(29)7-10-25(23)31(27(28)32)16-19-6-8-21(34-3)15-26(19)35-4/h5-10,13-15H,11-12,16-17H2,1-4H3. The average molecular weight is 530 g/mol. The molecule has 0 saturated heterocycles. The Morgan fingerprint density at radius 1 is 0.889 bits per heavy atom. The molecule has 0 saturated carbocycles. The number of rotatable bonds is 10. The van der Waals surface area contributed by atoms with Crippen LogP contribution in [0.4, 0.5) is 5.69 Å². The molecular formula is C28H29Cl2NO5. The van der Waals surface area contributed by atoms with E-state index in [4.69, 9.17) is 42.1 Å². The molecule has 1 amide bonds. The van der Waals surface area contributed by atoms with Crippen molar-refractivity contribution >= 4 is 34.8 Å². The minimum absolute atomic E-state index is 0.100. The van der Waals surface area contributed by atoms with Gasteiger partial charge in [-0.25, -0.2) is 0 Å². The number of ether oxygens (including phenoxy) is 4. The van der Waals surface area contributed by atoms with E-state index in [1.165, 1.54) is 0 Å². The summed E-state index contributed by atoms with van der Waals surface area (Å²) < 4.78 is 21.7. The van der Waals surface area contributed by atoms with Crippen LogP contribution in [0.15, 0.2) is 54.6 Å². The second-order valence-corrected chi connectivity index (χ2v) is 9.56. The topological polar surface area (TPSA) is 57.2 Å². The Morgan fingerprint density at radius 3 is 2.42 bits per heavy atom. The molecule has 0 fully saturated rings. The smallest absolute Gasteiger partial charge is 0.242 e. The molecule has 1 atom stereocenters. The zero-order valence-corrected chi connectivity index (χ0v) is 22.3. The number of hydrogen-bond acceptors (Lipinski definition) is 5. The summed E-state index contributed by atoms with van der Waals surface area (Å²) >= 11 is 13.1. The monoisotopic (exact) mass is 529 g/mol. The van der Waals surface area contributed by atoms with E-state index in [-0.39, 0.29) is 5.91 Å². The van der Waals surface area contributed by atoms with Crippen LogP contribution in [0.1, 0.15) is 29.2 Å². The van der Waals surface area contributed by atoms with Gasteiger partial charge in [-0.05, 0) is 60.0 Å².